The van der Waals surface area contributed by atoms with Crippen molar-refractivity contribution in [3.8, 4) is 5.75 Å². The van der Waals surface area contributed by atoms with Crippen LogP contribution in [0.4, 0.5) is 5.69 Å². The summed E-state index contributed by atoms with van der Waals surface area (Å²) in [4.78, 5) is 26.1. The van der Waals surface area contributed by atoms with Crippen LogP contribution in [0.15, 0.2) is 60.7 Å². The standard InChI is InChI=1S/C23H23ClN2O3/c1-3-16-8-4-7-11-20(16)25-22(27)14-26(2)23(28)15-29-21-13-12-19(24)17-9-5-6-10-18(17)21/h4-13H,3,14-15H2,1-2H3,(H,25,27). The first-order valence-electron chi connectivity index (χ1n) is 9.41. The molecule has 29 heavy (non-hydrogen) atoms. The Hall–Kier alpha value is -3.05. The van der Waals surface area contributed by atoms with E-state index >= 15 is 0 Å². The SMILES string of the molecule is CCc1ccccc1NC(=O)CN(C)C(=O)COc1ccc(Cl)c2ccccc12. The second kappa shape index (κ2) is 9.43. The van der Waals surface area contributed by atoms with Gasteiger partial charge in [-0.25, -0.2) is 0 Å². The van der Waals surface area contributed by atoms with Crippen molar-refractivity contribution in [3.63, 3.8) is 0 Å². The van der Waals surface area contributed by atoms with Crippen molar-refractivity contribution < 1.29 is 14.3 Å². The molecule has 0 spiro atoms. The van der Waals surface area contributed by atoms with Crippen LogP contribution in [0.5, 0.6) is 5.75 Å². The van der Waals surface area contributed by atoms with Crippen LogP contribution < -0.4 is 10.1 Å². The lowest BCUT2D eigenvalue weighted by atomic mass is 10.1. The Morgan fingerprint density at radius 2 is 1.69 bits per heavy atom. The number of carbonyl (C=O) groups is 2. The fraction of sp³-hybridized carbons (Fsp3) is 0.217. The average molecular weight is 411 g/mol. The summed E-state index contributed by atoms with van der Waals surface area (Å²) in [6.07, 6.45) is 0.814. The molecule has 6 heteroatoms. The maximum atomic E-state index is 12.4. The van der Waals surface area contributed by atoms with Crippen LogP contribution >= 0.6 is 11.6 Å². The number of amides is 2. The molecule has 1 N–H and O–H groups in total. The molecule has 0 aliphatic carbocycles. The van der Waals surface area contributed by atoms with E-state index in [1.54, 1.807) is 19.2 Å². The highest BCUT2D eigenvalue weighted by Crippen LogP contribution is 2.31. The van der Waals surface area contributed by atoms with Gasteiger partial charge in [-0.15, -0.1) is 0 Å². The minimum Gasteiger partial charge on any atom is -0.483 e. The lowest BCUT2D eigenvalue weighted by molar-refractivity contribution is -0.135. The molecule has 0 unspecified atom stereocenters. The van der Waals surface area contributed by atoms with Crippen molar-refractivity contribution in [1.29, 1.82) is 0 Å². The number of hydrogen-bond donors (Lipinski definition) is 1. The Morgan fingerprint density at radius 3 is 2.45 bits per heavy atom. The van der Waals surface area contributed by atoms with E-state index in [1.165, 1.54) is 4.90 Å². The van der Waals surface area contributed by atoms with Gasteiger partial charge < -0.3 is 15.0 Å². The number of nitrogens with zero attached hydrogens (tertiary/aromatic N) is 1. The number of nitrogens with one attached hydrogen (secondary N) is 1. The predicted molar refractivity (Wildman–Crippen MR) is 117 cm³/mol. The number of halogens is 1. The molecule has 0 atom stereocenters. The third-order valence-corrected chi connectivity index (χ3v) is 4.99. The maximum Gasteiger partial charge on any atom is 0.260 e. The van der Waals surface area contributed by atoms with Gasteiger partial charge in [0.15, 0.2) is 6.61 Å². The highest BCUT2D eigenvalue weighted by atomic mass is 35.5. The third kappa shape index (κ3) is 5.06. The normalized spacial score (nSPS) is 10.6. The Balaban J connectivity index is 1.58. The molecule has 0 aromatic heterocycles. The Morgan fingerprint density at radius 1 is 1.00 bits per heavy atom. The number of fused-ring (bicyclic) bond motifs is 1. The van der Waals surface area contributed by atoms with Gasteiger partial charge in [-0.3, -0.25) is 9.59 Å². The van der Waals surface area contributed by atoms with Crippen LogP contribution in [0.2, 0.25) is 5.02 Å². The summed E-state index contributed by atoms with van der Waals surface area (Å²) in [5, 5.41) is 5.19. The zero-order chi connectivity index (χ0) is 20.8. The summed E-state index contributed by atoms with van der Waals surface area (Å²) in [7, 11) is 1.58. The summed E-state index contributed by atoms with van der Waals surface area (Å²) in [6.45, 7) is 1.81. The average Bonchev–Trinajstić information content (AvgIpc) is 2.73. The molecule has 3 rings (SSSR count). The first-order chi connectivity index (χ1) is 14.0. The van der Waals surface area contributed by atoms with Gasteiger partial charge in [-0.1, -0.05) is 61.0 Å². The van der Waals surface area contributed by atoms with Crippen LogP contribution in [-0.2, 0) is 16.0 Å². The predicted octanol–water partition coefficient (Wildman–Crippen LogP) is 4.53. The van der Waals surface area contributed by atoms with E-state index in [0.29, 0.717) is 10.8 Å². The van der Waals surface area contributed by atoms with Gasteiger partial charge in [0.05, 0.1) is 6.54 Å². The highest BCUT2D eigenvalue weighted by molar-refractivity contribution is 6.35. The second-order valence-electron chi connectivity index (χ2n) is 6.69. The molecular formula is C23H23ClN2O3. The molecule has 0 fully saturated rings. The molecule has 0 radical (unpaired) electrons. The van der Waals surface area contributed by atoms with Crippen LogP contribution in [0, 0.1) is 0 Å². The van der Waals surface area contributed by atoms with E-state index in [9.17, 15) is 9.59 Å². The summed E-state index contributed by atoms with van der Waals surface area (Å²) in [5.74, 6) is 0.0368. The topological polar surface area (TPSA) is 58.6 Å². The monoisotopic (exact) mass is 410 g/mol. The van der Waals surface area contributed by atoms with Crippen molar-refractivity contribution in [3.05, 3.63) is 71.2 Å². The molecule has 0 aliphatic rings. The number of ether oxygens (including phenoxy) is 1. The Bertz CT molecular complexity index is 1040. The molecule has 0 saturated heterocycles. The van der Waals surface area contributed by atoms with E-state index in [1.807, 2.05) is 55.5 Å². The smallest absolute Gasteiger partial charge is 0.260 e. The number of likely N-dealkylation sites (N-methyl/N-ethyl adjacent to an activating group) is 1. The van der Waals surface area contributed by atoms with Gasteiger partial charge in [-0.2, -0.15) is 0 Å². The minimum atomic E-state index is -0.289. The zero-order valence-electron chi connectivity index (χ0n) is 16.4. The molecule has 2 amide bonds. The van der Waals surface area contributed by atoms with Gasteiger partial charge in [0.2, 0.25) is 5.91 Å². The van der Waals surface area contributed by atoms with Gasteiger partial charge >= 0.3 is 0 Å². The van der Waals surface area contributed by atoms with Crippen molar-refractivity contribution in [2.45, 2.75) is 13.3 Å². The van der Waals surface area contributed by atoms with E-state index < -0.39 is 0 Å². The summed E-state index contributed by atoms with van der Waals surface area (Å²) >= 11 is 6.21. The van der Waals surface area contributed by atoms with Crippen LogP contribution in [0.3, 0.4) is 0 Å². The lowest BCUT2D eigenvalue weighted by Crippen LogP contribution is -2.37. The number of carbonyl (C=O) groups excluding carboxylic acids is 2. The van der Waals surface area contributed by atoms with Crippen molar-refractivity contribution >= 4 is 39.9 Å². The summed E-state index contributed by atoms with van der Waals surface area (Å²) < 4.78 is 5.71. The van der Waals surface area contributed by atoms with Crippen molar-refractivity contribution in [1.82, 2.24) is 4.90 Å². The first-order valence-corrected chi connectivity index (χ1v) is 9.79. The summed E-state index contributed by atoms with van der Waals surface area (Å²) in [5.41, 5.74) is 1.82. The maximum absolute atomic E-state index is 12.4. The molecule has 5 nitrogen and oxygen atoms in total. The molecule has 0 bridgehead atoms. The number of hydrogen-bond acceptors (Lipinski definition) is 3. The van der Waals surface area contributed by atoms with Crippen molar-refractivity contribution in [2.24, 2.45) is 0 Å². The Kier molecular flexibility index (Phi) is 6.73. The van der Waals surface area contributed by atoms with Crippen LogP contribution in [0.1, 0.15) is 12.5 Å². The first kappa shape index (κ1) is 20.7. The van der Waals surface area contributed by atoms with E-state index in [4.69, 9.17) is 16.3 Å². The number of para-hydroxylation sites is 1. The molecule has 0 aliphatic heterocycles. The minimum absolute atomic E-state index is 0.0540. The van der Waals surface area contributed by atoms with Crippen LogP contribution in [-0.4, -0.2) is 36.9 Å². The number of benzene rings is 3. The van der Waals surface area contributed by atoms with Gasteiger partial charge in [0.25, 0.3) is 5.91 Å². The fourth-order valence-electron chi connectivity index (χ4n) is 3.05. The second-order valence-corrected chi connectivity index (χ2v) is 7.10. The molecule has 3 aromatic carbocycles. The largest absolute Gasteiger partial charge is 0.483 e. The molecule has 150 valence electrons. The van der Waals surface area contributed by atoms with E-state index in [2.05, 4.69) is 5.32 Å². The van der Waals surface area contributed by atoms with Crippen molar-refractivity contribution in [2.75, 3.05) is 25.5 Å². The van der Waals surface area contributed by atoms with E-state index in [0.717, 1.165) is 28.4 Å². The molecule has 0 heterocycles. The molecular weight excluding hydrogens is 388 g/mol. The lowest BCUT2D eigenvalue weighted by Gasteiger charge is -2.18. The zero-order valence-corrected chi connectivity index (χ0v) is 17.2. The quantitative estimate of drug-likeness (QED) is 0.622. The fourth-order valence-corrected chi connectivity index (χ4v) is 3.28. The third-order valence-electron chi connectivity index (χ3n) is 4.66. The summed E-state index contributed by atoms with van der Waals surface area (Å²) in [6, 6.07) is 18.7. The number of aryl methyl sites for hydroxylation is 1. The highest BCUT2D eigenvalue weighted by Gasteiger charge is 2.15. The van der Waals surface area contributed by atoms with Gasteiger partial charge in [-0.05, 0) is 30.2 Å². The van der Waals surface area contributed by atoms with Crippen LogP contribution in [0.25, 0.3) is 10.8 Å². The van der Waals surface area contributed by atoms with E-state index in [-0.39, 0.29) is 25.0 Å². The van der Waals surface area contributed by atoms with Gasteiger partial charge in [0.1, 0.15) is 5.75 Å². The van der Waals surface area contributed by atoms with Gasteiger partial charge in [0, 0.05) is 28.5 Å². The number of anilines is 1. The molecule has 3 aromatic rings. The molecule has 0 saturated carbocycles. The number of rotatable bonds is 7. The Labute approximate surface area is 175 Å².